The molecular weight excluding hydrogens is 917 g/mol. The molecule has 4 aliphatic rings. The molecule has 0 spiro atoms. The van der Waals surface area contributed by atoms with Crippen LogP contribution in [0.15, 0.2) is 74.0 Å². The molecule has 5 aromatic rings. The van der Waals surface area contributed by atoms with Gasteiger partial charge < -0.3 is 54.1 Å². The lowest BCUT2D eigenvalue weighted by atomic mass is 9.85. The molecular formula is C55H68N8O9. The second-order valence-corrected chi connectivity index (χ2v) is 20.3. The number of amides is 4. The molecule has 382 valence electrons. The quantitative estimate of drug-likeness (QED) is 0.0774. The molecule has 17 heteroatoms. The molecule has 3 fully saturated rings. The molecule has 17 nitrogen and oxygen atoms in total. The summed E-state index contributed by atoms with van der Waals surface area (Å²) in [5, 5.41) is 7.70. The zero-order chi connectivity index (χ0) is 51.0. The minimum absolute atomic E-state index is 0.0608. The smallest absolute Gasteiger partial charge is 0.407 e. The van der Waals surface area contributed by atoms with E-state index < -0.39 is 24.3 Å². The predicted octanol–water partition coefficient (Wildman–Crippen LogP) is 9.03. The van der Waals surface area contributed by atoms with Gasteiger partial charge in [0.1, 0.15) is 36.1 Å². The Labute approximate surface area is 420 Å². The van der Waals surface area contributed by atoms with Crippen LogP contribution in [0.3, 0.4) is 0 Å². The van der Waals surface area contributed by atoms with Crippen molar-refractivity contribution in [3.8, 4) is 28.1 Å². The summed E-state index contributed by atoms with van der Waals surface area (Å²) in [6.07, 6.45) is 8.02. The summed E-state index contributed by atoms with van der Waals surface area (Å²) in [5.41, 5.74) is 6.40. The van der Waals surface area contributed by atoms with Crippen molar-refractivity contribution in [1.82, 2.24) is 40.4 Å². The van der Waals surface area contributed by atoms with Gasteiger partial charge in [0.2, 0.25) is 11.8 Å². The SMILES string of the molecule is C=CC[C@H](C)N(Cc1ncc(-c2ccc3c(c2)COc2cc4c(ccc5nc([C@@H]6CC[C@H](C)N6C(=O)[C@@H](NC(=O)OC)C6C[C@@H](C)O[C@H](C=C)C6)[nH]c54)cc2-3)[nH]1)C(=O)[C@@H](NC(=O)OC)C1C[C@@H](C)O[C@H](C)C1. The van der Waals surface area contributed by atoms with E-state index in [9.17, 15) is 19.2 Å². The Morgan fingerprint density at radius 1 is 0.875 bits per heavy atom. The average Bonchev–Trinajstić information content (AvgIpc) is 4.13. The minimum atomic E-state index is -0.809. The maximum Gasteiger partial charge on any atom is 0.407 e. The molecule has 9 rings (SSSR count). The van der Waals surface area contributed by atoms with Crippen LogP contribution in [0.2, 0.25) is 0 Å². The highest BCUT2D eigenvalue weighted by Gasteiger charge is 2.45. The molecule has 0 radical (unpaired) electrons. The number of aromatic amines is 2. The summed E-state index contributed by atoms with van der Waals surface area (Å²) < 4.78 is 28.5. The van der Waals surface area contributed by atoms with Crippen LogP contribution in [-0.2, 0) is 41.7 Å². The summed E-state index contributed by atoms with van der Waals surface area (Å²) in [7, 11) is 2.60. The van der Waals surface area contributed by atoms with Crippen molar-refractivity contribution in [1.29, 1.82) is 0 Å². The number of alkyl carbamates (subject to hydrolysis) is 2. The maximum atomic E-state index is 14.7. The Morgan fingerprint density at radius 3 is 2.29 bits per heavy atom. The van der Waals surface area contributed by atoms with Crippen LogP contribution in [0.4, 0.5) is 9.59 Å². The van der Waals surface area contributed by atoms with E-state index in [0.29, 0.717) is 56.8 Å². The highest BCUT2D eigenvalue weighted by molar-refractivity contribution is 6.07. The Kier molecular flexibility index (Phi) is 14.8. The van der Waals surface area contributed by atoms with Crippen molar-refractivity contribution in [3.05, 3.63) is 91.2 Å². The fraction of sp³-hybridized carbons (Fsp3) is 0.491. The number of H-pyrrole nitrogens is 2. The number of benzene rings is 3. The molecule has 4 amide bonds. The molecule has 2 aromatic heterocycles. The minimum Gasteiger partial charge on any atom is -0.488 e. The van der Waals surface area contributed by atoms with Crippen LogP contribution < -0.4 is 15.4 Å². The van der Waals surface area contributed by atoms with Crippen molar-refractivity contribution in [2.24, 2.45) is 11.8 Å². The molecule has 0 bridgehead atoms. The summed E-state index contributed by atoms with van der Waals surface area (Å²) in [4.78, 5) is 75.1. The number of methoxy groups -OCH3 is 2. The average molecular weight is 985 g/mol. The third-order valence-corrected chi connectivity index (χ3v) is 15.2. The van der Waals surface area contributed by atoms with Crippen LogP contribution in [0, 0.1) is 11.8 Å². The number of carbonyl (C=O) groups is 4. The van der Waals surface area contributed by atoms with E-state index in [2.05, 4.69) is 70.2 Å². The lowest BCUT2D eigenvalue weighted by Crippen LogP contribution is -2.56. The lowest BCUT2D eigenvalue weighted by Gasteiger charge is -2.39. The lowest BCUT2D eigenvalue weighted by molar-refractivity contribution is -0.141. The van der Waals surface area contributed by atoms with Crippen LogP contribution in [0.1, 0.15) is 103 Å². The van der Waals surface area contributed by atoms with Gasteiger partial charge >= 0.3 is 12.2 Å². The number of nitrogens with one attached hydrogen (secondary N) is 4. The normalized spacial score (nSPS) is 25.0. The van der Waals surface area contributed by atoms with Crippen LogP contribution in [-0.4, -0.2) is 117 Å². The number of rotatable bonds is 14. The van der Waals surface area contributed by atoms with Crippen molar-refractivity contribution in [2.75, 3.05) is 14.2 Å². The van der Waals surface area contributed by atoms with E-state index in [1.807, 2.05) is 45.6 Å². The molecule has 4 N–H and O–H groups in total. The Bertz CT molecular complexity index is 2850. The van der Waals surface area contributed by atoms with Crippen LogP contribution in [0.5, 0.6) is 5.75 Å². The van der Waals surface area contributed by atoms with Gasteiger partial charge in [0.05, 0.1) is 74.1 Å². The van der Waals surface area contributed by atoms with E-state index in [0.717, 1.165) is 61.9 Å². The molecule has 6 heterocycles. The number of hydrogen-bond acceptors (Lipinski definition) is 11. The Balaban J connectivity index is 0.952. The number of aromatic nitrogens is 4. The van der Waals surface area contributed by atoms with Crippen LogP contribution >= 0.6 is 0 Å². The van der Waals surface area contributed by atoms with Gasteiger partial charge in [-0.2, -0.15) is 0 Å². The first-order valence-corrected chi connectivity index (χ1v) is 25.3. The van der Waals surface area contributed by atoms with E-state index in [4.69, 9.17) is 33.7 Å². The fourth-order valence-electron chi connectivity index (χ4n) is 11.7. The number of likely N-dealkylation sites (tertiary alicyclic amines) is 1. The molecule has 10 atom stereocenters. The molecule has 1 unspecified atom stereocenters. The summed E-state index contributed by atoms with van der Waals surface area (Å²) in [6.45, 7) is 18.4. The number of carbonyl (C=O) groups excluding carboxylic acids is 4. The van der Waals surface area contributed by atoms with Crippen molar-refractivity contribution in [2.45, 2.75) is 147 Å². The standard InChI is InChI=1S/C55H68N8O9/c1-10-12-29(3)62(52(64)48(60-54(66)68-8)36-19-31(5)71-32(6)20-36)27-47-56-26-44(57-47)35-14-16-40-38(22-35)28-70-46-25-41-34(24-42(40)46)15-17-43-50(41)59-51(58-43)45-18-13-30(4)63(45)53(65)49(61-55(67)69-9)37-21-33(7)72-39(11-2)23-37/h10-11,14-17,22,24-26,29-33,36-37,39,45,48-49H,1-2,12-13,18-21,23,27-28H2,3-9H3,(H,56,57)(H,58,59)(H,60,66)(H,61,67)/t29-,30-,31+,32+,33+,37?,39+,45-,48-,49-/m0/s1. The zero-order valence-corrected chi connectivity index (χ0v) is 42.4. The van der Waals surface area contributed by atoms with Gasteiger partial charge in [0, 0.05) is 23.0 Å². The van der Waals surface area contributed by atoms with Crippen LogP contribution in [0.25, 0.3) is 44.2 Å². The third-order valence-electron chi connectivity index (χ3n) is 15.2. The molecule has 3 saturated heterocycles. The Hall–Kier alpha value is -6.72. The summed E-state index contributed by atoms with van der Waals surface area (Å²) >= 11 is 0. The molecule has 3 aromatic carbocycles. The highest BCUT2D eigenvalue weighted by Crippen LogP contribution is 2.44. The van der Waals surface area contributed by atoms with Gasteiger partial charge in [0.15, 0.2) is 0 Å². The second-order valence-electron chi connectivity index (χ2n) is 20.3. The number of fused-ring (bicyclic) bond motifs is 6. The monoisotopic (exact) mass is 985 g/mol. The summed E-state index contributed by atoms with van der Waals surface area (Å²) in [5.74, 6) is 1.35. The fourth-order valence-corrected chi connectivity index (χ4v) is 11.7. The number of nitrogens with zero attached hydrogens (tertiary/aromatic N) is 4. The molecule has 72 heavy (non-hydrogen) atoms. The first-order chi connectivity index (χ1) is 34.7. The van der Waals surface area contributed by atoms with Gasteiger partial charge in [-0.15, -0.1) is 13.2 Å². The van der Waals surface area contributed by atoms with E-state index in [-0.39, 0.29) is 72.7 Å². The predicted molar refractivity (Wildman–Crippen MR) is 273 cm³/mol. The van der Waals surface area contributed by atoms with E-state index in [1.54, 1.807) is 23.2 Å². The first-order valence-electron chi connectivity index (χ1n) is 25.3. The molecule has 0 saturated carbocycles. The molecule has 4 aliphatic heterocycles. The van der Waals surface area contributed by atoms with E-state index >= 15 is 0 Å². The zero-order valence-electron chi connectivity index (χ0n) is 42.4. The topological polar surface area (TPSA) is 202 Å². The van der Waals surface area contributed by atoms with Gasteiger partial charge in [-0.3, -0.25) is 9.59 Å². The van der Waals surface area contributed by atoms with Crippen molar-refractivity contribution in [3.63, 3.8) is 0 Å². The third kappa shape index (κ3) is 10.2. The number of ether oxygens (including phenoxy) is 5. The largest absolute Gasteiger partial charge is 0.488 e. The Morgan fingerprint density at radius 2 is 1.58 bits per heavy atom. The molecule has 0 aliphatic carbocycles. The summed E-state index contributed by atoms with van der Waals surface area (Å²) in [6, 6.07) is 12.3. The maximum absolute atomic E-state index is 14.7. The van der Waals surface area contributed by atoms with Gasteiger partial charge in [0.25, 0.3) is 0 Å². The van der Waals surface area contributed by atoms with Crippen molar-refractivity contribution >= 4 is 45.8 Å². The van der Waals surface area contributed by atoms with E-state index in [1.165, 1.54) is 14.2 Å². The van der Waals surface area contributed by atoms with Gasteiger partial charge in [-0.1, -0.05) is 30.4 Å². The first kappa shape index (κ1) is 50.2. The van der Waals surface area contributed by atoms with Crippen molar-refractivity contribution < 1.29 is 42.9 Å². The second kappa shape index (κ2) is 21.2. The highest BCUT2D eigenvalue weighted by atomic mass is 16.5. The van der Waals surface area contributed by atoms with Gasteiger partial charge in [-0.05, 0) is 138 Å². The number of imidazole rings is 2. The number of hydrogen-bond donors (Lipinski definition) is 4. The van der Waals surface area contributed by atoms with Gasteiger partial charge in [-0.25, -0.2) is 19.6 Å².